The molecule has 2 rings (SSSR count). The van der Waals surface area contributed by atoms with Gasteiger partial charge < -0.3 is 15.8 Å². The normalized spacial score (nSPS) is 18.3. The predicted molar refractivity (Wildman–Crippen MR) is 79.7 cm³/mol. The lowest BCUT2D eigenvalue weighted by Gasteiger charge is -2.28. The smallest absolute Gasteiger partial charge is 0.322 e. The summed E-state index contributed by atoms with van der Waals surface area (Å²) in [4.78, 5) is 14.2. The van der Waals surface area contributed by atoms with E-state index in [0.29, 0.717) is 13.2 Å². The van der Waals surface area contributed by atoms with Gasteiger partial charge in [0.05, 0.1) is 12.6 Å². The van der Waals surface area contributed by atoms with Crippen molar-refractivity contribution in [3.8, 4) is 0 Å². The first-order chi connectivity index (χ1) is 9.61. The molecular weight excluding hydrogens is 254 g/mol. The number of hydrogen-bond donors (Lipinski definition) is 2. The van der Waals surface area contributed by atoms with Crippen molar-refractivity contribution in [1.82, 2.24) is 5.32 Å². The van der Waals surface area contributed by atoms with Crippen LogP contribution in [-0.2, 0) is 11.3 Å². The summed E-state index contributed by atoms with van der Waals surface area (Å²) in [6.45, 7) is 5.83. The minimum atomic E-state index is -0.0731. The lowest BCUT2D eigenvalue weighted by molar-refractivity contribution is 0.189. The van der Waals surface area contributed by atoms with Gasteiger partial charge in [0.15, 0.2) is 0 Å². The molecule has 0 spiro atoms. The highest BCUT2D eigenvalue weighted by Crippen LogP contribution is 2.19. The fourth-order valence-electron chi connectivity index (χ4n) is 2.34. The van der Waals surface area contributed by atoms with Gasteiger partial charge in [-0.2, -0.15) is 0 Å². The average Bonchev–Trinajstić information content (AvgIpc) is 2.92. The zero-order chi connectivity index (χ0) is 14.5. The van der Waals surface area contributed by atoms with Gasteiger partial charge in [-0.1, -0.05) is 12.1 Å². The largest absolute Gasteiger partial charge is 0.379 e. The summed E-state index contributed by atoms with van der Waals surface area (Å²) in [5.41, 5.74) is 7.54. The van der Waals surface area contributed by atoms with Crippen LogP contribution in [0.3, 0.4) is 0 Å². The Morgan fingerprint density at radius 2 is 2.15 bits per heavy atom. The molecular formula is C15H23N3O2. The zero-order valence-electron chi connectivity index (χ0n) is 12.1. The van der Waals surface area contributed by atoms with E-state index < -0.39 is 0 Å². The molecule has 0 aromatic heterocycles. The number of benzene rings is 1. The Morgan fingerprint density at radius 1 is 1.45 bits per heavy atom. The molecule has 110 valence electrons. The molecule has 3 N–H and O–H groups in total. The molecule has 20 heavy (non-hydrogen) atoms. The van der Waals surface area contributed by atoms with Crippen LogP contribution in [0.4, 0.5) is 10.5 Å². The maximum Gasteiger partial charge on any atom is 0.322 e. The van der Waals surface area contributed by atoms with Crippen LogP contribution in [0.25, 0.3) is 0 Å². The van der Waals surface area contributed by atoms with Gasteiger partial charge in [0, 0.05) is 24.9 Å². The summed E-state index contributed by atoms with van der Waals surface area (Å²) in [7, 11) is 0. The number of anilines is 1. The van der Waals surface area contributed by atoms with Crippen LogP contribution in [-0.4, -0.2) is 31.3 Å². The maximum absolute atomic E-state index is 12.4. The number of hydrogen-bond acceptors (Lipinski definition) is 3. The molecule has 0 bridgehead atoms. The number of carbonyl (C=O) groups excluding carboxylic acids is 1. The van der Waals surface area contributed by atoms with Crippen LogP contribution < -0.4 is 16.0 Å². The van der Waals surface area contributed by atoms with Crippen molar-refractivity contribution >= 4 is 11.7 Å². The summed E-state index contributed by atoms with van der Waals surface area (Å²) in [5.74, 6) is 0. The molecule has 1 saturated heterocycles. The average molecular weight is 277 g/mol. The fourth-order valence-corrected chi connectivity index (χ4v) is 2.34. The highest BCUT2D eigenvalue weighted by atomic mass is 16.5. The number of carbonyl (C=O) groups is 1. The molecule has 1 fully saturated rings. The number of amides is 2. The van der Waals surface area contributed by atoms with Crippen molar-refractivity contribution in [1.29, 1.82) is 0 Å². The molecule has 1 aromatic rings. The van der Waals surface area contributed by atoms with E-state index in [9.17, 15) is 4.79 Å². The third-order valence-electron chi connectivity index (χ3n) is 3.44. The molecule has 1 unspecified atom stereocenters. The summed E-state index contributed by atoms with van der Waals surface area (Å²) in [5, 5.41) is 3.02. The number of nitrogens with one attached hydrogen (secondary N) is 1. The number of ether oxygens (including phenoxy) is 1. The molecule has 1 heterocycles. The van der Waals surface area contributed by atoms with Gasteiger partial charge in [0.2, 0.25) is 0 Å². The van der Waals surface area contributed by atoms with Crippen molar-refractivity contribution in [2.24, 2.45) is 5.73 Å². The van der Waals surface area contributed by atoms with Crippen LogP contribution in [0.2, 0.25) is 0 Å². The van der Waals surface area contributed by atoms with Gasteiger partial charge in [-0.25, -0.2) is 4.79 Å². The van der Waals surface area contributed by atoms with Gasteiger partial charge in [0.1, 0.15) is 0 Å². The fraction of sp³-hybridized carbons (Fsp3) is 0.533. The SMILES string of the molecule is CC(C)N(C(=O)NC1CCOC1)c1ccc(CN)cc1. The van der Waals surface area contributed by atoms with Gasteiger partial charge in [-0.3, -0.25) is 4.90 Å². The second-order valence-corrected chi connectivity index (χ2v) is 5.34. The van der Waals surface area contributed by atoms with Gasteiger partial charge in [-0.05, 0) is 38.0 Å². The van der Waals surface area contributed by atoms with Crippen molar-refractivity contribution in [3.05, 3.63) is 29.8 Å². The Labute approximate surface area is 120 Å². The molecule has 5 heteroatoms. The highest BCUT2D eigenvalue weighted by molar-refractivity contribution is 5.92. The second-order valence-electron chi connectivity index (χ2n) is 5.34. The Bertz CT molecular complexity index is 439. The maximum atomic E-state index is 12.4. The van der Waals surface area contributed by atoms with E-state index in [4.69, 9.17) is 10.5 Å². The Morgan fingerprint density at radius 3 is 2.65 bits per heavy atom. The Balaban J connectivity index is 2.10. The van der Waals surface area contributed by atoms with E-state index in [1.807, 2.05) is 38.1 Å². The van der Waals surface area contributed by atoms with Crippen LogP contribution in [0.1, 0.15) is 25.8 Å². The third kappa shape index (κ3) is 3.49. The van der Waals surface area contributed by atoms with Crippen molar-refractivity contribution < 1.29 is 9.53 Å². The monoisotopic (exact) mass is 277 g/mol. The topological polar surface area (TPSA) is 67.6 Å². The van der Waals surface area contributed by atoms with Crippen molar-refractivity contribution in [3.63, 3.8) is 0 Å². The molecule has 5 nitrogen and oxygen atoms in total. The molecule has 1 aliphatic rings. The number of nitrogens with two attached hydrogens (primary N) is 1. The van der Waals surface area contributed by atoms with Gasteiger partial charge >= 0.3 is 6.03 Å². The van der Waals surface area contributed by atoms with Crippen LogP contribution in [0.15, 0.2) is 24.3 Å². The van der Waals surface area contributed by atoms with Crippen molar-refractivity contribution in [2.45, 2.75) is 38.9 Å². The first-order valence-electron chi connectivity index (χ1n) is 7.08. The van der Waals surface area contributed by atoms with E-state index in [1.54, 1.807) is 4.90 Å². The molecule has 0 saturated carbocycles. The number of nitrogens with zero attached hydrogens (tertiary/aromatic N) is 1. The highest BCUT2D eigenvalue weighted by Gasteiger charge is 2.24. The number of urea groups is 1. The molecule has 0 aliphatic carbocycles. The first kappa shape index (κ1) is 14.8. The Kier molecular flexibility index (Phi) is 4.98. The molecule has 1 atom stereocenters. The number of rotatable bonds is 4. The third-order valence-corrected chi connectivity index (χ3v) is 3.44. The van der Waals surface area contributed by atoms with E-state index in [2.05, 4.69) is 5.32 Å². The minimum Gasteiger partial charge on any atom is -0.379 e. The Hall–Kier alpha value is -1.59. The minimum absolute atomic E-state index is 0.0731. The quantitative estimate of drug-likeness (QED) is 0.882. The molecule has 0 radical (unpaired) electrons. The standard InChI is InChI=1S/C15H23N3O2/c1-11(2)18(14-5-3-12(9-16)4-6-14)15(19)17-13-7-8-20-10-13/h3-6,11,13H,7-10,16H2,1-2H3,(H,17,19). The lowest BCUT2D eigenvalue weighted by atomic mass is 10.1. The van der Waals surface area contributed by atoms with Crippen LogP contribution in [0.5, 0.6) is 0 Å². The lowest BCUT2D eigenvalue weighted by Crippen LogP contribution is -2.48. The second kappa shape index (κ2) is 6.72. The molecule has 1 aliphatic heterocycles. The summed E-state index contributed by atoms with van der Waals surface area (Å²) in [6.07, 6.45) is 0.879. The van der Waals surface area contributed by atoms with Gasteiger partial charge in [0.25, 0.3) is 0 Å². The van der Waals surface area contributed by atoms with E-state index >= 15 is 0 Å². The van der Waals surface area contributed by atoms with Crippen LogP contribution in [0, 0.1) is 0 Å². The van der Waals surface area contributed by atoms with Crippen LogP contribution >= 0.6 is 0 Å². The van der Waals surface area contributed by atoms with E-state index in [1.165, 1.54) is 0 Å². The van der Waals surface area contributed by atoms with E-state index in [-0.39, 0.29) is 18.1 Å². The zero-order valence-corrected chi connectivity index (χ0v) is 12.1. The van der Waals surface area contributed by atoms with Crippen molar-refractivity contribution in [2.75, 3.05) is 18.1 Å². The molecule has 1 aromatic carbocycles. The molecule has 2 amide bonds. The summed E-state index contributed by atoms with van der Waals surface area (Å²) in [6, 6.07) is 7.91. The van der Waals surface area contributed by atoms with E-state index in [0.717, 1.165) is 24.3 Å². The first-order valence-corrected chi connectivity index (χ1v) is 7.08. The predicted octanol–water partition coefficient (Wildman–Crippen LogP) is 1.86. The van der Waals surface area contributed by atoms with Gasteiger partial charge in [-0.15, -0.1) is 0 Å². The summed E-state index contributed by atoms with van der Waals surface area (Å²) >= 11 is 0. The summed E-state index contributed by atoms with van der Waals surface area (Å²) < 4.78 is 5.29.